The van der Waals surface area contributed by atoms with Gasteiger partial charge in [-0.2, -0.15) is 4.98 Å². The molecule has 0 fully saturated rings. The smallest absolute Gasteiger partial charge is 0.229 e. The zero-order valence-electron chi connectivity index (χ0n) is 13.7. The number of hydrogen-bond acceptors (Lipinski definition) is 5. The van der Waals surface area contributed by atoms with Crippen LogP contribution in [0.5, 0.6) is 5.75 Å². The standard InChI is InChI=1S/C18H16F2N4O/c1-11-9-16(22-12-5-3-6-13(10-12)25-2)23-18(21-11)24-17-14(19)7-4-8-15(17)20/h3-10H,1-2H3,(H2,21,22,23,24). The van der Waals surface area contributed by atoms with Gasteiger partial charge in [0.15, 0.2) is 0 Å². The first-order valence-electron chi connectivity index (χ1n) is 7.53. The third kappa shape index (κ3) is 4.00. The minimum Gasteiger partial charge on any atom is -0.497 e. The van der Waals surface area contributed by atoms with Crippen LogP contribution in [0.1, 0.15) is 5.69 Å². The number of aryl methyl sites for hydroxylation is 1. The number of methoxy groups -OCH3 is 1. The lowest BCUT2D eigenvalue weighted by Crippen LogP contribution is -2.05. The molecule has 0 radical (unpaired) electrons. The topological polar surface area (TPSA) is 59.1 Å². The Bertz CT molecular complexity index is 882. The summed E-state index contributed by atoms with van der Waals surface area (Å²) in [5, 5.41) is 5.71. The van der Waals surface area contributed by atoms with Gasteiger partial charge in [-0.05, 0) is 31.2 Å². The average Bonchev–Trinajstić information content (AvgIpc) is 2.58. The number of benzene rings is 2. The molecule has 0 unspecified atom stereocenters. The molecule has 0 aliphatic carbocycles. The molecule has 0 aliphatic heterocycles. The first-order chi connectivity index (χ1) is 12.0. The highest BCUT2D eigenvalue weighted by Gasteiger charge is 2.11. The SMILES string of the molecule is COc1cccc(Nc2cc(C)nc(Nc3c(F)cccc3F)n2)c1. The van der Waals surface area contributed by atoms with Gasteiger partial charge in [0.05, 0.1) is 7.11 Å². The summed E-state index contributed by atoms with van der Waals surface area (Å²) in [6, 6.07) is 12.7. The number of rotatable bonds is 5. The summed E-state index contributed by atoms with van der Waals surface area (Å²) in [5.74, 6) is -0.156. The van der Waals surface area contributed by atoms with E-state index in [1.54, 1.807) is 26.2 Å². The molecule has 2 aromatic carbocycles. The van der Waals surface area contributed by atoms with Crippen molar-refractivity contribution in [1.29, 1.82) is 0 Å². The van der Waals surface area contributed by atoms with E-state index in [0.717, 1.165) is 17.8 Å². The maximum atomic E-state index is 13.8. The number of ether oxygens (including phenoxy) is 1. The lowest BCUT2D eigenvalue weighted by atomic mass is 10.3. The molecule has 25 heavy (non-hydrogen) atoms. The van der Waals surface area contributed by atoms with E-state index in [4.69, 9.17) is 4.74 Å². The van der Waals surface area contributed by atoms with Crippen molar-refractivity contribution in [2.45, 2.75) is 6.92 Å². The molecule has 0 bridgehead atoms. The Kier molecular flexibility index (Phi) is 4.74. The summed E-state index contributed by atoms with van der Waals surface area (Å²) in [5.41, 5.74) is 1.11. The second-order valence-corrected chi connectivity index (χ2v) is 5.30. The Morgan fingerprint density at radius 3 is 2.36 bits per heavy atom. The Morgan fingerprint density at radius 2 is 1.64 bits per heavy atom. The molecular weight excluding hydrogens is 326 g/mol. The zero-order valence-corrected chi connectivity index (χ0v) is 13.7. The second kappa shape index (κ2) is 7.12. The van der Waals surface area contributed by atoms with Crippen molar-refractivity contribution in [3.05, 3.63) is 65.9 Å². The van der Waals surface area contributed by atoms with E-state index in [-0.39, 0.29) is 11.6 Å². The third-order valence-electron chi connectivity index (χ3n) is 3.40. The van der Waals surface area contributed by atoms with Crippen LogP contribution in [0, 0.1) is 18.6 Å². The van der Waals surface area contributed by atoms with E-state index in [9.17, 15) is 8.78 Å². The number of para-hydroxylation sites is 1. The summed E-state index contributed by atoms with van der Waals surface area (Å²) < 4.78 is 32.7. The maximum Gasteiger partial charge on any atom is 0.229 e. The van der Waals surface area contributed by atoms with Gasteiger partial charge in [0.2, 0.25) is 5.95 Å². The normalized spacial score (nSPS) is 10.4. The third-order valence-corrected chi connectivity index (χ3v) is 3.40. The van der Waals surface area contributed by atoms with Crippen LogP contribution in [0.3, 0.4) is 0 Å². The quantitative estimate of drug-likeness (QED) is 0.712. The number of hydrogen-bond donors (Lipinski definition) is 2. The number of aromatic nitrogens is 2. The van der Waals surface area contributed by atoms with Crippen molar-refractivity contribution < 1.29 is 13.5 Å². The van der Waals surface area contributed by atoms with E-state index < -0.39 is 11.6 Å². The monoisotopic (exact) mass is 342 g/mol. The lowest BCUT2D eigenvalue weighted by molar-refractivity contribution is 0.415. The highest BCUT2D eigenvalue weighted by molar-refractivity contribution is 5.61. The van der Waals surface area contributed by atoms with Crippen LogP contribution in [-0.2, 0) is 0 Å². The maximum absolute atomic E-state index is 13.8. The largest absolute Gasteiger partial charge is 0.497 e. The van der Waals surface area contributed by atoms with Crippen LogP contribution in [0.25, 0.3) is 0 Å². The van der Waals surface area contributed by atoms with Crippen molar-refractivity contribution in [3.63, 3.8) is 0 Å². The lowest BCUT2D eigenvalue weighted by Gasteiger charge is -2.11. The summed E-state index contributed by atoms with van der Waals surface area (Å²) in [7, 11) is 1.58. The van der Waals surface area contributed by atoms with Gasteiger partial charge in [-0.1, -0.05) is 12.1 Å². The molecule has 5 nitrogen and oxygen atoms in total. The van der Waals surface area contributed by atoms with Crippen LogP contribution >= 0.6 is 0 Å². The van der Waals surface area contributed by atoms with Gasteiger partial charge < -0.3 is 15.4 Å². The molecule has 1 heterocycles. The zero-order chi connectivity index (χ0) is 17.8. The van der Waals surface area contributed by atoms with E-state index >= 15 is 0 Å². The van der Waals surface area contributed by atoms with Gasteiger partial charge in [0.1, 0.15) is 28.9 Å². The minimum atomic E-state index is -0.715. The van der Waals surface area contributed by atoms with Gasteiger partial charge in [-0.15, -0.1) is 0 Å². The Labute approximate surface area is 143 Å². The van der Waals surface area contributed by atoms with Crippen LogP contribution in [0.2, 0.25) is 0 Å². The molecule has 0 atom stereocenters. The Balaban J connectivity index is 1.87. The fraction of sp³-hybridized carbons (Fsp3) is 0.111. The second-order valence-electron chi connectivity index (χ2n) is 5.30. The van der Waals surface area contributed by atoms with E-state index in [1.165, 1.54) is 6.07 Å². The molecule has 128 valence electrons. The summed E-state index contributed by atoms with van der Waals surface area (Å²) >= 11 is 0. The summed E-state index contributed by atoms with van der Waals surface area (Å²) in [6.45, 7) is 1.77. The van der Waals surface area contributed by atoms with Gasteiger partial charge in [-0.25, -0.2) is 13.8 Å². The van der Waals surface area contributed by atoms with Gasteiger partial charge in [-0.3, -0.25) is 0 Å². The molecule has 0 spiro atoms. The molecular formula is C18H16F2N4O. The van der Waals surface area contributed by atoms with Crippen molar-refractivity contribution in [1.82, 2.24) is 9.97 Å². The van der Waals surface area contributed by atoms with Crippen LogP contribution < -0.4 is 15.4 Å². The highest BCUT2D eigenvalue weighted by atomic mass is 19.1. The summed E-state index contributed by atoms with van der Waals surface area (Å²) in [4.78, 5) is 8.42. The molecule has 0 saturated heterocycles. The number of nitrogens with zero attached hydrogens (tertiary/aromatic N) is 2. The average molecular weight is 342 g/mol. The predicted octanol–water partition coefficient (Wildman–Crippen LogP) is 4.56. The fourth-order valence-corrected chi connectivity index (χ4v) is 2.27. The molecule has 0 amide bonds. The minimum absolute atomic E-state index is 0.0920. The highest BCUT2D eigenvalue weighted by Crippen LogP contribution is 2.24. The van der Waals surface area contributed by atoms with E-state index in [0.29, 0.717) is 17.3 Å². The first kappa shape index (κ1) is 16.6. The molecule has 2 N–H and O–H groups in total. The van der Waals surface area contributed by atoms with Crippen molar-refractivity contribution >= 4 is 23.1 Å². The van der Waals surface area contributed by atoms with E-state index in [2.05, 4.69) is 20.6 Å². The van der Waals surface area contributed by atoms with Crippen molar-refractivity contribution in [2.24, 2.45) is 0 Å². The van der Waals surface area contributed by atoms with Gasteiger partial charge in [0, 0.05) is 23.5 Å². The number of anilines is 4. The van der Waals surface area contributed by atoms with Crippen LogP contribution in [0.15, 0.2) is 48.5 Å². The van der Waals surface area contributed by atoms with Gasteiger partial charge in [0.25, 0.3) is 0 Å². The molecule has 3 aromatic rings. The molecule has 1 aromatic heterocycles. The fourth-order valence-electron chi connectivity index (χ4n) is 2.27. The Hall–Kier alpha value is -3.22. The predicted molar refractivity (Wildman–Crippen MR) is 92.7 cm³/mol. The summed E-state index contributed by atoms with van der Waals surface area (Å²) in [6.07, 6.45) is 0. The molecule has 3 rings (SSSR count). The molecule has 0 aliphatic rings. The van der Waals surface area contributed by atoms with Crippen molar-refractivity contribution in [3.8, 4) is 5.75 Å². The Morgan fingerprint density at radius 1 is 0.920 bits per heavy atom. The van der Waals surface area contributed by atoms with Crippen molar-refractivity contribution in [2.75, 3.05) is 17.7 Å². The molecule has 7 heteroatoms. The van der Waals surface area contributed by atoms with Crippen LogP contribution in [-0.4, -0.2) is 17.1 Å². The first-order valence-corrected chi connectivity index (χ1v) is 7.53. The van der Waals surface area contributed by atoms with E-state index in [1.807, 2.05) is 18.2 Å². The van der Waals surface area contributed by atoms with Gasteiger partial charge >= 0.3 is 0 Å². The number of nitrogens with one attached hydrogen (secondary N) is 2. The number of halogens is 2. The van der Waals surface area contributed by atoms with Crippen LogP contribution in [0.4, 0.5) is 31.9 Å². The molecule has 0 saturated carbocycles.